The second-order valence-corrected chi connectivity index (χ2v) is 6.25. The van der Waals surface area contributed by atoms with Crippen LogP contribution in [0, 0.1) is 12.8 Å². The van der Waals surface area contributed by atoms with E-state index >= 15 is 0 Å². The van der Waals surface area contributed by atoms with Gasteiger partial charge in [-0.05, 0) is 20.8 Å². The topological polar surface area (TPSA) is 94.6 Å². The molecule has 0 saturated carbocycles. The maximum atomic E-state index is 12.2. The average molecular weight is 312 g/mol. The summed E-state index contributed by atoms with van der Waals surface area (Å²) in [5.74, 6) is -1.83. The number of cyclic esters (lactones) is 1. The van der Waals surface area contributed by atoms with Crippen LogP contribution in [0.3, 0.4) is 0 Å². The van der Waals surface area contributed by atoms with Crippen molar-refractivity contribution in [1.29, 1.82) is 0 Å². The monoisotopic (exact) mass is 312 g/mol. The van der Waals surface area contributed by atoms with E-state index in [2.05, 4.69) is 15.0 Å². The highest BCUT2D eigenvalue weighted by Gasteiger charge is 2.46. The Kier molecular flexibility index (Phi) is 3.99. The summed E-state index contributed by atoms with van der Waals surface area (Å²) in [5.41, 5.74) is -0.362. The summed E-state index contributed by atoms with van der Waals surface area (Å²) in [6.07, 6.45) is 0.0348. The molecule has 8 heteroatoms. The van der Waals surface area contributed by atoms with Crippen molar-refractivity contribution in [2.75, 3.05) is 12.4 Å². The van der Waals surface area contributed by atoms with Gasteiger partial charge < -0.3 is 14.8 Å². The lowest BCUT2D eigenvalue weighted by Gasteiger charge is -2.23. The number of carbonyl (C=O) groups excluding carboxylic acids is 3. The zero-order valence-electron chi connectivity index (χ0n) is 12.2. The maximum absolute atomic E-state index is 12.2. The Hall–Kier alpha value is -1.96. The first-order chi connectivity index (χ1) is 9.74. The van der Waals surface area contributed by atoms with Crippen LogP contribution >= 0.6 is 11.3 Å². The van der Waals surface area contributed by atoms with Crippen molar-refractivity contribution in [1.82, 2.24) is 4.98 Å². The van der Waals surface area contributed by atoms with E-state index in [1.807, 2.05) is 0 Å². The highest BCUT2D eigenvalue weighted by molar-refractivity contribution is 7.17. The Bertz CT molecular complexity index is 608. The molecule has 1 atom stereocenters. The van der Waals surface area contributed by atoms with E-state index in [0.717, 1.165) is 11.3 Å². The van der Waals surface area contributed by atoms with Gasteiger partial charge in [0.05, 0.1) is 25.1 Å². The molecule has 7 nitrogen and oxygen atoms in total. The Morgan fingerprint density at radius 2 is 2.14 bits per heavy atom. The van der Waals surface area contributed by atoms with Crippen LogP contribution in [0.15, 0.2) is 0 Å². The van der Waals surface area contributed by atoms with E-state index in [4.69, 9.17) is 4.74 Å². The summed E-state index contributed by atoms with van der Waals surface area (Å²) >= 11 is 1.04. The number of hydrogen-bond acceptors (Lipinski definition) is 7. The molecule has 2 heterocycles. The lowest BCUT2D eigenvalue weighted by atomic mass is 9.90. The number of ether oxygens (including phenoxy) is 2. The molecule has 0 spiro atoms. The fourth-order valence-electron chi connectivity index (χ4n) is 2.15. The van der Waals surface area contributed by atoms with Crippen molar-refractivity contribution in [2.24, 2.45) is 5.92 Å². The number of carbonyl (C=O) groups is 3. The molecule has 1 aromatic rings. The van der Waals surface area contributed by atoms with Crippen molar-refractivity contribution in [2.45, 2.75) is 32.8 Å². The van der Waals surface area contributed by atoms with Gasteiger partial charge in [-0.15, -0.1) is 0 Å². The van der Waals surface area contributed by atoms with Crippen molar-refractivity contribution in [3.63, 3.8) is 0 Å². The molecule has 0 radical (unpaired) electrons. The van der Waals surface area contributed by atoms with Crippen LogP contribution < -0.4 is 5.32 Å². The first-order valence-corrected chi connectivity index (χ1v) is 7.14. The molecule has 0 aromatic carbocycles. The molecule has 1 aliphatic rings. The number of anilines is 1. The molecular weight excluding hydrogens is 296 g/mol. The van der Waals surface area contributed by atoms with Gasteiger partial charge in [-0.3, -0.25) is 9.59 Å². The lowest BCUT2D eigenvalue weighted by Crippen LogP contribution is -2.36. The molecule has 1 N–H and O–H groups in total. The van der Waals surface area contributed by atoms with E-state index in [1.54, 1.807) is 20.8 Å². The quantitative estimate of drug-likeness (QED) is 0.850. The molecule has 0 bridgehead atoms. The molecular formula is C13H16N2O5S. The van der Waals surface area contributed by atoms with Gasteiger partial charge in [0.1, 0.15) is 10.5 Å². The summed E-state index contributed by atoms with van der Waals surface area (Å²) in [6, 6.07) is 0. The third-order valence-corrected chi connectivity index (χ3v) is 4.35. The minimum atomic E-state index is -0.849. The number of esters is 2. The minimum Gasteiger partial charge on any atom is -0.465 e. The smallest absolute Gasteiger partial charge is 0.350 e. The molecule has 21 heavy (non-hydrogen) atoms. The van der Waals surface area contributed by atoms with Crippen LogP contribution in [0.25, 0.3) is 0 Å². The molecule has 0 aliphatic carbocycles. The number of methoxy groups -OCH3 is 1. The average Bonchev–Trinajstić information content (AvgIpc) is 2.87. The van der Waals surface area contributed by atoms with E-state index in [1.165, 1.54) is 7.11 Å². The fraction of sp³-hybridized carbons (Fsp3) is 0.538. The SMILES string of the molecule is COC(=O)c1sc(NC(=O)[C@H]2CC(=O)OC2(C)C)nc1C. The van der Waals surface area contributed by atoms with E-state index < -0.39 is 23.5 Å². The molecule has 1 amide bonds. The van der Waals surface area contributed by atoms with Gasteiger partial charge in [0.15, 0.2) is 5.13 Å². The number of hydrogen-bond donors (Lipinski definition) is 1. The lowest BCUT2D eigenvalue weighted by molar-refractivity contribution is -0.147. The number of thiazole rings is 1. The Balaban J connectivity index is 2.14. The first-order valence-electron chi connectivity index (χ1n) is 6.33. The van der Waals surface area contributed by atoms with Gasteiger partial charge in [0.25, 0.3) is 0 Å². The largest absolute Gasteiger partial charge is 0.465 e. The summed E-state index contributed by atoms with van der Waals surface area (Å²) in [5, 5.41) is 2.93. The molecule has 0 unspecified atom stereocenters. The number of aryl methyl sites for hydroxylation is 1. The second-order valence-electron chi connectivity index (χ2n) is 5.25. The molecule has 2 rings (SSSR count). The van der Waals surface area contributed by atoms with E-state index in [-0.39, 0.29) is 12.3 Å². The third-order valence-electron chi connectivity index (χ3n) is 3.30. The Morgan fingerprint density at radius 1 is 1.48 bits per heavy atom. The predicted octanol–water partition coefficient (Wildman–Crippen LogP) is 1.52. The van der Waals surface area contributed by atoms with E-state index in [9.17, 15) is 14.4 Å². The van der Waals surface area contributed by atoms with Gasteiger partial charge in [0.2, 0.25) is 5.91 Å². The molecule has 1 aromatic heterocycles. The summed E-state index contributed by atoms with van der Waals surface area (Å²) in [7, 11) is 1.28. The van der Waals surface area contributed by atoms with Crippen LogP contribution in [0.1, 0.15) is 35.6 Å². The standard InChI is InChI=1S/C13H16N2O5S/c1-6-9(11(18)19-4)21-12(14-6)15-10(17)7-5-8(16)20-13(7,2)3/h7H,5H2,1-4H3,(H,14,15,17)/t7-/m1/s1. The van der Waals surface area contributed by atoms with Crippen LogP contribution in [-0.4, -0.2) is 35.5 Å². The highest BCUT2D eigenvalue weighted by Crippen LogP contribution is 2.34. The number of aromatic nitrogens is 1. The van der Waals surface area contributed by atoms with Gasteiger partial charge in [-0.1, -0.05) is 11.3 Å². The molecule has 1 fully saturated rings. The molecule has 1 aliphatic heterocycles. The number of nitrogens with zero attached hydrogens (tertiary/aromatic N) is 1. The van der Waals surface area contributed by atoms with Crippen LogP contribution in [-0.2, 0) is 19.1 Å². The number of amides is 1. The Morgan fingerprint density at radius 3 is 2.67 bits per heavy atom. The zero-order chi connectivity index (χ0) is 15.8. The fourth-order valence-corrected chi connectivity index (χ4v) is 3.04. The van der Waals surface area contributed by atoms with Gasteiger partial charge in [-0.2, -0.15) is 0 Å². The van der Waals surface area contributed by atoms with Crippen molar-refractivity contribution in [3.05, 3.63) is 10.6 Å². The summed E-state index contributed by atoms with van der Waals surface area (Å²) < 4.78 is 9.75. The zero-order valence-corrected chi connectivity index (χ0v) is 13.0. The van der Waals surface area contributed by atoms with Crippen molar-refractivity contribution >= 4 is 34.3 Å². The van der Waals surface area contributed by atoms with Crippen molar-refractivity contribution < 1.29 is 23.9 Å². The number of rotatable bonds is 3. The third kappa shape index (κ3) is 3.05. The second kappa shape index (κ2) is 5.44. The van der Waals surface area contributed by atoms with Gasteiger partial charge in [0, 0.05) is 0 Å². The Labute approximate surface area is 125 Å². The predicted molar refractivity (Wildman–Crippen MR) is 75.1 cm³/mol. The van der Waals surface area contributed by atoms with Crippen LogP contribution in [0.2, 0.25) is 0 Å². The van der Waals surface area contributed by atoms with Crippen LogP contribution in [0.4, 0.5) is 5.13 Å². The summed E-state index contributed by atoms with van der Waals surface area (Å²) in [6.45, 7) is 5.04. The number of nitrogens with one attached hydrogen (secondary N) is 1. The van der Waals surface area contributed by atoms with Crippen LogP contribution in [0.5, 0.6) is 0 Å². The minimum absolute atomic E-state index is 0.0348. The normalized spacial score (nSPS) is 20.0. The molecule has 1 saturated heterocycles. The first kappa shape index (κ1) is 15.4. The van der Waals surface area contributed by atoms with E-state index in [0.29, 0.717) is 15.7 Å². The molecule has 114 valence electrons. The highest BCUT2D eigenvalue weighted by atomic mass is 32.1. The maximum Gasteiger partial charge on any atom is 0.350 e. The summed E-state index contributed by atoms with van der Waals surface area (Å²) in [4.78, 5) is 39.5. The van der Waals surface area contributed by atoms with Gasteiger partial charge in [-0.25, -0.2) is 9.78 Å². The van der Waals surface area contributed by atoms with Crippen molar-refractivity contribution in [3.8, 4) is 0 Å². The van der Waals surface area contributed by atoms with Gasteiger partial charge >= 0.3 is 11.9 Å².